The molecule has 0 saturated carbocycles. The fourth-order valence-electron chi connectivity index (χ4n) is 9.18. The number of aryl methyl sites for hydroxylation is 1. The van der Waals surface area contributed by atoms with E-state index in [-0.39, 0.29) is 102 Å². The van der Waals surface area contributed by atoms with E-state index in [2.05, 4.69) is 52.6 Å². The van der Waals surface area contributed by atoms with Crippen molar-refractivity contribution in [3.63, 3.8) is 0 Å². The molecule has 0 aliphatic carbocycles. The first-order valence-electron chi connectivity index (χ1n) is 23.7. The summed E-state index contributed by atoms with van der Waals surface area (Å²) < 4.78 is 47.5. The molecular formula is C51H59Br2F2N4O10P2S3+. The van der Waals surface area contributed by atoms with E-state index in [1.807, 2.05) is 12.3 Å². The van der Waals surface area contributed by atoms with Crippen LogP contribution in [0.3, 0.4) is 0 Å². The minimum atomic E-state index is -1.88. The Labute approximate surface area is 463 Å². The van der Waals surface area contributed by atoms with Gasteiger partial charge in [0.15, 0.2) is 41.6 Å². The van der Waals surface area contributed by atoms with E-state index in [9.17, 15) is 47.8 Å². The number of Topliss-reactive ketones (excluding diaryl/α,β-unsaturated/α-hetero) is 2. The Bertz CT molecular complexity index is 3200. The number of hydrogen-bond acceptors (Lipinski definition) is 15. The molecule has 0 saturated heterocycles. The highest BCUT2D eigenvalue weighted by molar-refractivity contribution is 9.09. The molecule has 0 bridgehead atoms. The highest BCUT2D eigenvalue weighted by Gasteiger charge is 2.47. The third kappa shape index (κ3) is 12.2. The van der Waals surface area contributed by atoms with Crippen molar-refractivity contribution in [2.24, 2.45) is 0 Å². The lowest BCUT2D eigenvalue weighted by molar-refractivity contribution is -0.172. The van der Waals surface area contributed by atoms with Gasteiger partial charge in [-0.05, 0) is 93.4 Å². The summed E-state index contributed by atoms with van der Waals surface area (Å²) in [5, 5.41) is 24.1. The molecule has 398 valence electrons. The number of aliphatic hydroxyl groups is 2. The molecule has 74 heavy (non-hydrogen) atoms. The number of fused-ring (bicyclic) bond motifs is 7. The molecule has 0 amide bonds. The number of pyridine rings is 3. The van der Waals surface area contributed by atoms with Gasteiger partial charge in [0.05, 0.1) is 49.2 Å². The molecular weight excluding hydrogens is 1180 g/mol. The first-order chi connectivity index (χ1) is 35.1. The number of thioether (sulfide) groups is 2. The van der Waals surface area contributed by atoms with Crippen molar-refractivity contribution in [3.05, 3.63) is 113 Å². The number of nitrogen functional groups attached to an aromatic ring is 1. The fourth-order valence-corrected chi connectivity index (χ4v) is 10.9. The Morgan fingerprint density at radius 1 is 0.851 bits per heavy atom. The van der Waals surface area contributed by atoms with Crippen LogP contribution in [0.1, 0.15) is 127 Å². The second-order valence-corrected chi connectivity index (χ2v) is 23.3. The lowest BCUT2D eigenvalue weighted by Crippen LogP contribution is -2.44. The van der Waals surface area contributed by atoms with Crippen LogP contribution in [0, 0.1) is 11.6 Å². The van der Waals surface area contributed by atoms with Gasteiger partial charge in [-0.1, -0.05) is 53.1 Å². The summed E-state index contributed by atoms with van der Waals surface area (Å²) in [6.45, 7) is 2.81. The zero-order chi connectivity index (χ0) is 54.4. The first kappa shape index (κ1) is 59.5. The highest BCUT2D eigenvalue weighted by atomic mass is 79.9. The minimum absolute atomic E-state index is 0. The summed E-state index contributed by atoms with van der Waals surface area (Å²) in [6.07, 6.45) is 8.97. The SMILES string of the molecule is C.CC[C@@]1(O)C(=O)OCc2c1cc1n(c2=O)CCC1=O.CC[C@@]1(O)C(=O)OCc2c1cc1n(c2=O)Cc2c-1nc1cc(F)c(SC)cc1c2CCCCBr.CSc1cc(C(=O)CCCCBr)c(N)cc1F.[3H][P+](P)=S. The summed E-state index contributed by atoms with van der Waals surface area (Å²) in [4.78, 5) is 79.3. The van der Waals surface area contributed by atoms with E-state index in [4.69, 9.17) is 21.5 Å². The number of nitrogens with zero attached hydrogens (tertiary/aromatic N) is 3. The molecule has 4 N–H and O–H groups in total. The van der Waals surface area contributed by atoms with Crippen LogP contribution in [0.5, 0.6) is 0 Å². The molecule has 0 fully saturated rings. The van der Waals surface area contributed by atoms with Crippen molar-refractivity contribution in [2.45, 2.75) is 126 Å². The molecule has 7 heterocycles. The number of carbonyl (C=O) groups excluding carboxylic acids is 4. The van der Waals surface area contributed by atoms with Crippen LogP contribution in [0.2, 0.25) is 0 Å². The third-order valence-corrected chi connectivity index (χ3v) is 15.8. The van der Waals surface area contributed by atoms with Gasteiger partial charge in [-0.3, -0.25) is 19.2 Å². The Balaban J connectivity index is 0.000000216. The number of aromatic nitrogens is 3. The number of ketones is 2. The standard InChI is InChI=1S/C25H24BrFN2O4S.C13H13NO5.C12H15BrFNOS.CH4.H2P2S/c1-3-25(32)17-9-20-22-15(11-29(20)23(30)16(17)12-33-24(25)31)13(6-4-5-7-26)14-8-21(34-2)18(27)10-19(14)28-22;1-2-13(18)8-5-9-10(15)3-4-14(9)11(16)7(8)6-19-12(13)17;1-17-12-6-8(10(15)7-9(12)14)11(16)4-2-3-5-13;;1-2-3/h8-10,32H,3-7,11-12H2,1-2H3;5,18H,2-4,6H2,1H3;6-7H,2-5,15H2,1H3;1H4;1H2/p+1/t25-;13-;;;/m00.../s1/i/hT. The van der Waals surface area contributed by atoms with Crippen LogP contribution >= 0.6 is 71.3 Å². The number of rotatable bonds is 13. The van der Waals surface area contributed by atoms with E-state index in [1.54, 1.807) is 36.8 Å². The van der Waals surface area contributed by atoms with Gasteiger partial charge in [-0.25, -0.2) is 23.4 Å². The fraction of sp³-hybridized carbons (Fsp3) is 0.431. The third-order valence-electron chi connectivity index (χ3n) is 13.2. The lowest BCUT2D eigenvalue weighted by Gasteiger charge is -2.31. The zero-order valence-corrected chi connectivity index (χ0v) is 48.1. The molecule has 4 aliphatic rings. The smallest absolute Gasteiger partial charge is 0.355 e. The van der Waals surface area contributed by atoms with Gasteiger partial charge in [-0.15, -0.1) is 23.5 Å². The first-order valence-corrected chi connectivity index (χ1v) is 31.4. The normalized spacial score (nSPS) is 18.0. The topological polar surface area (TPSA) is 210 Å². The van der Waals surface area contributed by atoms with Crippen molar-refractivity contribution in [2.75, 3.05) is 28.9 Å². The van der Waals surface area contributed by atoms with Crippen LogP contribution in [-0.2, 0) is 74.8 Å². The number of alkyl halides is 2. The average molecular weight is 1250 g/mol. The monoisotopic (exact) mass is 1240 g/mol. The van der Waals surface area contributed by atoms with Gasteiger partial charge >= 0.3 is 13.2 Å². The maximum atomic E-state index is 14.7. The predicted molar refractivity (Wildman–Crippen MR) is 303 cm³/mol. The van der Waals surface area contributed by atoms with Crippen LogP contribution in [-0.4, -0.2) is 72.3 Å². The predicted octanol–water partition coefficient (Wildman–Crippen LogP) is 10.2. The Kier molecular flexibility index (Phi) is 21.3. The minimum Gasteiger partial charge on any atom is -0.458 e. The molecule has 0 radical (unpaired) electrons. The number of esters is 2. The molecule has 5 aromatic rings. The number of anilines is 1. The molecule has 9 rings (SSSR count). The Morgan fingerprint density at radius 2 is 1.38 bits per heavy atom. The molecule has 4 atom stereocenters. The van der Waals surface area contributed by atoms with Crippen LogP contribution < -0.4 is 16.9 Å². The quantitative estimate of drug-likeness (QED) is 0.0187. The van der Waals surface area contributed by atoms with Crippen molar-refractivity contribution in [1.29, 1.82) is 1.28 Å². The van der Waals surface area contributed by atoms with Gasteiger partial charge in [0, 0.05) is 79.2 Å². The van der Waals surface area contributed by atoms with Crippen LogP contribution in [0.4, 0.5) is 14.5 Å². The second-order valence-electron chi connectivity index (χ2n) is 17.3. The summed E-state index contributed by atoms with van der Waals surface area (Å²) >= 11 is 13.7. The van der Waals surface area contributed by atoms with Crippen molar-refractivity contribution in [1.82, 2.24) is 14.1 Å². The largest absolute Gasteiger partial charge is 0.458 e. The number of cyclic esters (lactones) is 2. The molecule has 23 heteroatoms. The molecule has 0 spiro atoms. The summed E-state index contributed by atoms with van der Waals surface area (Å²) in [6, 6.07) is 9.24. The number of benzene rings is 2. The lowest BCUT2D eigenvalue weighted by atomic mass is 9.86. The number of halogens is 4. The van der Waals surface area contributed by atoms with Crippen LogP contribution in [0.15, 0.2) is 55.8 Å². The van der Waals surface area contributed by atoms with Crippen LogP contribution in [0.25, 0.3) is 22.3 Å². The Hall–Kier alpha value is -3.78. The van der Waals surface area contributed by atoms with Gasteiger partial charge in [0.25, 0.3) is 11.1 Å². The van der Waals surface area contributed by atoms with Crippen molar-refractivity contribution < 1.29 is 47.6 Å². The molecule has 2 unspecified atom stereocenters. The summed E-state index contributed by atoms with van der Waals surface area (Å²) in [7, 11) is 2.20. The zero-order valence-electron chi connectivity index (χ0n) is 41.4. The molecule has 2 aromatic carbocycles. The van der Waals surface area contributed by atoms with Crippen molar-refractivity contribution >= 4 is 123 Å². The maximum absolute atomic E-state index is 14.7. The number of hydrogen-bond donors (Lipinski definition) is 3. The summed E-state index contributed by atoms with van der Waals surface area (Å²) in [5.41, 5.74) is 7.00. The van der Waals surface area contributed by atoms with E-state index in [0.29, 0.717) is 57.3 Å². The number of ether oxygens (including phenoxy) is 2. The highest BCUT2D eigenvalue weighted by Crippen LogP contribution is 2.42. The van der Waals surface area contributed by atoms with Gasteiger partial charge in [0.1, 0.15) is 24.8 Å². The summed E-state index contributed by atoms with van der Waals surface area (Å²) in [5.74, 6) is -2.37. The maximum Gasteiger partial charge on any atom is 0.355 e. The molecule has 14 nitrogen and oxygen atoms in total. The molecule has 3 aromatic heterocycles. The van der Waals surface area contributed by atoms with E-state index < -0.39 is 30.1 Å². The van der Waals surface area contributed by atoms with E-state index in [1.165, 1.54) is 46.3 Å². The van der Waals surface area contributed by atoms with Crippen molar-refractivity contribution in [3.8, 4) is 11.4 Å². The number of nitrogens with two attached hydrogens (primary N) is 1. The second kappa shape index (κ2) is 26.5. The Morgan fingerprint density at radius 3 is 1.93 bits per heavy atom. The molecule has 4 aliphatic heterocycles. The number of carbonyl (C=O) groups is 4. The van der Waals surface area contributed by atoms with E-state index >= 15 is 0 Å². The number of unbranched alkanes of at least 4 members (excludes halogenated alkanes) is 2. The van der Waals surface area contributed by atoms with Gasteiger partial charge in [0.2, 0.25) is 0 Å². The van der Waals surface area contributed by atoms with Gasteiger partial charge in [-0.2, -0.15) is 0 Å². The van der Waals surface area contributed by atoms with E-state index in [0.717, 1.165) is 59.3 Å². The average Bonchev–Trinajstić information content (AvgIpc) is 3.94. The van der Waals surface area contributed by atoms with Gasteiger partial charge < -0.3 is 34.6 Å².